The number of unbranched alkanes of at least 4 members (excludes halogenated alkanes) is 1. The van der Waals surface area contributed by atoms with Gasteiger partial charge in [-0.3, -0.25) is 9.89 Å². The van der Waals surface area contributed by atoms with Crippen molar-refractivity contribution in [1.29, 1.82) is 0 Å². The van der Waals surface area contributed by atoms with Gasteiger partial charge in [0.15, 0.2) is 5.96 Å². The predicted molar refractivity (Wildman–Crippen MR) is 112 cm³/mol. The maximum atomic E-state index is 12.8. The van der Waals surface area contributed by atoms with E-state index >= 15 is 0 Å². The van der Waals surface area contributed by atoms with Crippen LogP contribution in [-0.2, 0) is 9.47 Å². The van der Waals surface area contributed by atoms with E-state index in [4.69, 9.17) is 9.47 Å². The molecule has 27 heavy (non-hydrogen) atoms. The Balaban J connectivity index is 0.00000676. The Morgan fingerprint density at radius 1 is 1.11 bits per heavy atom. The minimum atomic E-state index is -4.17. The second-order valence-corrected chi connectivity index (χ2v) is 6.29. The van der Waals surface area contributed by atoms with E-state index in [2.05, 4.69) is 10.3 Å². The van der Waals surface area contributed by atoms with Crippen LogP contribution in [0.3, 0.4) is 0 Å². The van der Waals surface area contributed by atoms with Crippen LogP contribution in [0, 0.1) is 0 Å². The van der Waals surface area contributed by atoms with Gasteiger partial charge < -0.3 is 19.7 Å². The van der Waals surface area contributed by atoms with E-state index in [0.29, 0.717) is 52.5 Å². The molecule has 1 saturated heterocycles. The fourth-order valence-corrected chi connectivity index (χ4v) is 2.70. The number of guanidine groups is 1. The maximum Gasteiger partial charge on any atom is 0.403 e. The van der Waals surface area contributed by atoms with Crippen molar-refractivity contribution in [1.82, 2.24) is 15.1 Å². The van der Waals surface area contributed by atoms with Gasteiger partial charge in [0.25, 0.3) is 0 Å². The number of nitrogens with zero attached hydrogens (tertiary/aromatic N) is 3. The molecule has 1 heterocycles. The zero-order valence-corrected chi connectivity index (χ0v) is 18.9. The molecule has 1 aliphatic heterocycles. The SMILES string of the molecule is CCNC(=NCCCCOCCOC)N1CCN(C(C)C(F)(F)F)CC1.I. The van der Waals surface area contributed by atoms with Gasteiger partial charge in [-0.2, -0.15) is 13.2 Å². The number of nitrogens with one attached hydrogen (secondary N) is 1. The van der Waals surface area contributed by atoms with Crippen molar-refractivity contribution in [3.8, 4) is 0 Å². The van der Waals surface area contributed by atoms with Gasteiger partial charge in [-0.1, -0.05) is 0 Å². The van der Waals surface area contributed by atoms with Crippen molar-refractivity contribution in [2.75, 3.05) is 66.2 Å². The van der Waals surface area contributed by atoms with Crippen molar-refractivity contribution in [2.45, 2.75) is 38.9 Å². The first-order valence-corrected chi connectivity index (χ1v) is 9.30. The van der Waals surface area contributed by atoms with Crippen LogP contribution < -0.4 is 5.32 Å². The fraction of sp³-hybridized carbons (Fsp3) is 0.941. The number of hydrogen-bond donors (Lipinski definition) is 1. The van der Waals surface area contributed by atoms with Gasteiger partial charge in [-0.15, -0.1) is 24.0 Å². The van der Waals surface area contributed by atoms with Crippen molar-refractivity contribution in [3.05, 3.63) is 0 Å². The number of rotatable bonds is 10. The number of piperazine rings is 1. The van der Waals surface area contributed by atoms with Gasteiger partial charge in [0.1, 0.15) is 6.04 Å². The number of methoxy groups -OCH3 is 1. The summed E-state index contributed by atoms with van der Waals surface area (Å²) in [5.41, 5.74) is 0. The van der Waals surface area contributed by atoms with Crippen LogP contribution in [0.4, 0.5) is 13.2 Å². The van der Waals surface area contributed by atoms with Crippen molar-refractivity contribution in [3.63, 3.8) is 0 Å². The van der Waals surface area contributed by atoms with Gasteiger partial charge in [0, 0.05) is 53.0 Å². The summed E-state index contributed by atoms with van der Waals surface area (Å²) in [6, 6.07) is -1.40. The first-order chi connectivity index (χ1) is 12.4. The average Bonchev–Trinajstić information content (AvgIpc) is 2.62. The molecular formula is C17H34F3IN4O2. The highest BCUT2D eigenvalue weighted by molar-refractivity contribution is 14.0. The van der Waals surface area contributed by atoms with Crippen LogP contribution in [0.15, 0.2) is 4.99 Å². The summed E-state index contributed by atoms with van der Waals surface area (Å²) in [6.45, 7) is 8.38. The molecule has 1 rings (SSSR count). The Bertz CT molecular complexity index is 406. The quantitative estimate of drug-likeness (QED) is 0.212. The molecule has 162 valence electrons. The summed E-state index contributed by atoms with van der Waals surface area (Å²) in [6.07, 6.45) is -2.34. The van der Waals surface area contributed by atoms with Gasteiger partial charge in [-0.05, 0) is 26.7 Å². The monoisotopic (exact) mass is 510 g/mol. The highest BCUT2D eigenvalue weighted by Crippen LogP contribution is 2.25. The van der Waals surface area contributed by atoms with E-state index < -0.39 is 12.2 Å². The lowest BCUT2D eigenvalue weighted by molar-refractivity contribution is -0.181. The van der Waals surface area contributed by atoms with Crippen LogP contribution >= 0.6 is 24.0 Å². The molecule has 1 N–H and O–H groups in total. The molecule has 0 aliphatic carbocycles. The van der Waals surface area contributed by atoms with Gasteiger partial charge >= 0.3 is 6.18 Å². The third-order valence-electron chi connectivity index (χ3n) is 4.36. The van der Waals surface area contributed by atoms with Gasteiger partial charge in [-0.25, -0.2) is 0 Å². The van der Waals surface area contributed by atoms with Gasteiger partial charge in [0.2, 0.25) is 0 Å². The maximum absolute atomic E-state index is 12.8. The summed E-state index contributed by atoms with van der Waals surface area (Å²) in [5, 5.41) is 3.23. The molecule has 1 unspecified atom stereocenters. The number of hydrogen-bond acceptors (Lipinski definition) is 4. The standard InChI is InChI=1S/C17H33F3N4O2.HI/c1-4-21-16(22-7-5-6-12-26-14-13-25-3)24-10-8-23(9-11-24)15(2)17(18,19)20;/h15H,4-14H2,1-3H3,(H,21,22);1H. The Morgan fingerprint density at radius 3 is 2.33 bits per heavy atom. The largest absolute Gasteiger partial charge is 0.403 e. The molecule has 1 atom stereocenters. The molecule has 0 aromatic carbocycles. The van der Waals surface area contributed by atoms with Crippen LogP contribution in [0.2, 0.25) is 0 Å². The summed E-state index contributed by atoms with van der Waals surface area (Å²) in [7, 11) is 1.64. The van der Waals surface area contributed by atoms with E-state index in [0.717, 1.165) is 25.3 Å². The van der Waals surface area contributed by atoms with E-state index in [1.54, 1.807) is 7.11 Å². The van der Waals surface area contributed by atoms with Crippen LogP contribution in [0.5, 0.6) is 0 Å². The molecule has 0 bridgehead atoms. The molecule has 1 fully saturated rings. The number of alkyl halides is 3. The van der Waals surface area contributed by atoms with Crippen molar-refractivity contribution in [2.24, 2.45) is 4.99 Å². The number of aliphatic imine (C=N–C) groups is 1. The molecule has 6 nitrogen and oxygen atoms in total. The molecule has 0 saturated carbocycles. The molecule has 0 spiro atoms. The molecule has 0 aromatic heterocycles. The van der Waals surface area contributed by atoms with Crippen molar-refractivity contribution < 1.29 is 22.6 Å². The number of ether oxygens (including phenoxy) is 2. The average molecular weight is 510 g/mol. The Morgan fingerprint density at radius 2 is 1.78 bits per heavy atom. The Hall–Kier alpha value is -0.330. The zero-order valence-electron chi connectivity index (χ0n) is 16.6. The lowest BCUT2D eigenvalue weighted by Crippen LogP contribution is -2.56. The normalized spacial score (nSPS) is 17.6. The Kier molecular flexibility index (Phi) is 14.5. The first-order valence-electron chi connectivity index (χ1n) is 9.30. The second-order valence-electron chi connectivity index (χ2n) is 6.29. The number of halogens is 4. The summed E-state index contributed by atoms with van der Waals surface area (Å²) >= 11 is 0. The molecular weight excluding hydrogens is 476 g/mol. The fourth-order valence-electron chi connectivity index (χ4n) is 2.70. The zero-order chi connectivity index (χ0) is 19.4. The summed E-state index contributed by atoms with van der Waals surface area (Å²) < 4.78 is 48.8. The molecule has 0 radical (unpaired) electrons. The lowest BCUT2D eigenvalue weighted by atomic mass is 10.2. The summed E-state index contributed by atoms with van der Waals surface area (Å²) in [5.74, 6) is 0.784. The van der Waals surface area contributed by atoms with Crippen LogP contribution in [-0.4, -0.2) is 94.2 Å². The minimum Gasteiger partial charge on any atom is -0.382 e. The summed E-state index contributed by atoms with van der Waals surface area (Å²) in [4.78, 5) is 8.12. The molecule has 0 amide bonds. The first kappa shape index (κ1) is 26.7. The lowest BCUT2D eigenvalue weighted by Gasteiger charge is -2.39. The second kappa shape index (κ2) is 14.6. The molecule has 0 aromatic rings. The van der Waals surface area contributed by atoms with E-state index in [1.807, 2.05) is 11.8 Å². The van der Waals surface area contributed by atoms with Crippen molar-refractivity contribution >= 4 is 29.9 Å². The Labute approximate surface area is 177 Å². The van der Waals surface area contributed by atoms with Crippen LogP contribution in [0.1, 0.15) is 26.7 Å². The third kappa shape index (κ3) is 10.7. The smallest absolute Gasteiger partial charge is 0.382 e. The highest BCUT2D eigenvalue weighted by Gasteiger charge is 2.41. The van der Waals surface area contributed by atoms with E-state index in [-0.39, 0.29) is 24.0 Å². The van der Waals surface area contributed by atoms with Gasteiger partial charge in [0.05, 0.1) is 13.2 Å². The van der Waals surface area contributed by atoms with E-state index in [9.17, 15) is 13.2 Å². The molecule has 1 aliphatic rings. The van der Waals surface area contributed by atoms with E-state index in [1.165, 1.54) is 11.8 Å². The molecule has 10 heteroatoms. The minimum absolute atomic E-state index is 0. The third-order valence-corrected chi connectivity index (χ3v) is 4.36. The van der Waals surface area contributed by atoms with Crippen LogP contribution in [0.25, 0.3) is 0 Å². The topological polar surface area (TPSA) is 49.3 Å². The highest BCUT2D eigenvalue weighted by atomic mass is 127. The predicted octanol–water partition coefficient (Wildman–Crippen LogP) is 2.58.